The summed E-state index contributed by atoms with van der Waals surface area (Å²) in [6.07, 6.45) is 1.64. The molecule has 0 saturated heterocycles. The van der Waals surface area contributed by atoms with E-state index in [4.69, 9.17) is 21.4 Å². The summed E-state index contributed by atoms with van der Waals surface area (Å²) in [4.78, 5) is 19.4. The zero-order valence-corrected chi connectivity index (χ0v) is 11.4. The van der Waals surface area contributed by atoms with Crippen molar-refractivity contribution in [2.45, 2.75) is 0 Å². The van der Waals surface area contributed by atoms with Crippen LogP contribution in [0, 0.1) is 0 Å². The molecule has 0 radical (unpaired) electrons. The lowest BCUT2D eigenvalue weighted by Crippen LogP contribution is -2.02. The van der Waals surface area contributed by atoms with E-state index in [-0.39, 0.29) is 16.6 Å². The van der Waals surface area contributed by atoms with Crippen molar-refractivity contribution < 1.29 is 14.6 Å². The predicted molar refractivity (Wildman–Crippen MR) is 78.0 cm³/mol. The van der Waals surface area contributed by atoms with Gasteiger partial charge in [0.2, 0.25) is 5.88 Å². The normalized spacial score (nSPS) is 10.5. The Labute approximate surface area is 124 Å². The highest BCUT2D eigenvalue weighted by Crippen LogP contribution is 2.30. The minimum atomic E-state index is -1.14. The van der Waals surface area contributed by atoms with Crippen LogP contribution in [0.4, 0.5) is 0 Å². The van der Waals surface area contributed by atoms with Crippen molar-refractivity contribution in [3.63, 3.8) is 0 Å². The van der Waals surface area contributed by atoms with Gasteiger partial charge in [0.1, 0.15) is 16.2 Å². The van der Waals surface area contributed by atoms with E-state index < -0.39 is 5.97 Å². The third-order valence-electron chi connectivity index (χ3n) is 2.86. The molecule has 3 rings (SSSR count). The van der Waals surface area contributed by atoms with Crippen molar-refractivity contribution in [1.29, 1.82) is 0 Å². The molecule has 3 aromatic rings. The largest absolute Gasteiger partial charge is 0.477 e. The van der Waals surface area contributed by atoms with Crippen LogP contribution in [0.15, 0.2) is 48.7 Å². The van der Waals surface area contributed by atoms with Crippen LogP contribution in [0.5, 0.6) is 11.6 Å². The summed E-state index contributed by atoms with van der Waals surface area (Å²) in [5.41, 5.74) is 0.561. The molecule has 0 aliphatic carbocycles. The van der Waals surface area contributed by atoms with Crippen LogP contribution >= 0.6 is 11.6 Å². The Balaban J connectivity index is 2.11. The number of pyridine rings is 2. The standard InChI is InChI=1S/C15H9ClN2O3/c16-12-7-6-10(15(19)20)14(18-12)21-11-5-1-3-9-4-2-8-17-13(9)11/h1-8H,(H,19,20). The molecular weight excluding hydrogens is 292 g/mol. The van der Waals surface area contributed by atoms with Crippen LogP contribution in [0.3, 0.4) is 0 Å². The molecule has 21 heavy (non-hydrogen) atoms. The van der Waals surface area contributed by atoms with E-state index in [0.29, 0.717) is 11.3 Å². The van der Waals surface area contributed by atoms with Gasteiger partial charge in [-0.1, -0.05) is 29.8 Å². The molecule has 0 amide bonds. The van der Waals surface area contributed by atoms with Crippen LogP contribution in [0.2, 0.25) is 5.15 Å². The van der Waals surface area contributed by atoms with Crippen molar-refractivity contribution in [2.24, 2.45) is 0 Å². The highest BCUT2D eigenvalue weighted by Gasteiger charge is 2.15. The number of para-hydroxylation sites is 1. The van der Waals surface area contributed by atoms with Crippen LogP contribution in [-0.2, 0) is 0 Å². The fourth-order valence-corrected chi connectivity index (χ4v) is 2.06. The molecule has 6 heteroatoms. The minimum absolute atomic E-state index is 0.0619. The quantitative estimate of drug-likeness (QED) is 0.745. The number of carboxylic acids is 1. The summed E-state index contributed by atoms with van der Waals surface area (Å²) >= 11 is 5.81. The number of benzene rings is 1. The van der Waals surface area contributed by atoms with Gasteiger partial charge >= 0.3 is 5.97 Å². The first-order valence-corrected chi connectivity index (χ1v) is 6.44. The average Bonchev–Trinajstić information content (AvgIpc) is 2.47. The SMILES string of the molecule is O=C(O)c1ccc(Cl)nc1Oc1cccc2cccnc12. The average molecular weight is 301 g/mol. The van der Waals surface area contributed by atoms with Crippen molar-refractivity contribution in [3.8, 4) is 11.6 Å². The zero-order valence-electron chi connectivity index (χ0n) is 10.7. The molecule has 0 aliphatic heterocycles. The highest BCUT2D eigenvalue weighted by molar-refractivity contribution is 6.29. The monoisotopic (exact) mass is 300 g/mol. The predicted octanol–water partition coefficient (Wildman–Crippen LogP) is 3.77. The van der Waals surface area contributed by atoms with E-state index in [0.717, 1.165) is 5.39 Å². The Morgan fingerprint density at radius 1 is 1.14 bits per heavy atom. The number of ether oxygens (including phenoxy) is 1. The molecule has 0 aliphatic rings. The third-order valence-corrected chi connectivity index (χ3v) is 3.07. The lowest BCUT2D eigenvalue weighted by Gasteiger charge is -2.09. The number of carboxylic acid groups (broad SMARTS) is 1. The lowest BCUT2D eigenvalue weighted by atomic mass is 10.2. The van der Waals surface area contributed by atoms with Gasteiger partial charge in [-0.3, -0.25) is 4.98 Å². The van der Waals surface area contributed by atoms with E-state index in [9.17, 15) is 4.79 Å². The molecule has 1 N–H and O–H groups in total. The van der Waals surface area contributed by atoms with Gasteiger partial charge in [-0.25, -0.2) is 9.78 Å². The maximum atomic E-state index is 11.2. The Morgan fingerprint density at radius 3 is 2.76 bits per heavy atom. The molecule has 0 atom stereocenters. The maximum absolute atomic E-state index is 11.2. The van der Waals surface area contributed by atoms with E-state index in [2.05, 4.69) is 9.97 Å². The van der Waals surface area contributed by atoms with E-state index >= 15 is 0 Å². The fourth-order valence-electron chi connectivity index (χ4n) is 1.92. The number of rotatable bonds is 3. The smallest absolute Gasteiger partial charge is 0.341 e. The van der Waals surface area contributed by atoms with Crippen LogP contribution < -0.4 is 4.74 Å². The van der Waals surface area contributed by atoms with E-state index in [1.807, 2.05) is 18.2 Å². The van der Waals surface area contributed by atoms with Gasteiger partial charge in [0, 0.05) is 11.6 Å². The molecule has 0 fully saturated rings. The lowest BCUT2D eigenvalue weighted by molar-refractivity contribution is 0.0693. The fraction of sp³-hybridized carbons (Fsp3) is 0. The number of halogens is 1. The van der Waals surface area contributed by atoms with Gasteiger partial charge < -0.3 is 9.84 Å². The van der Waals surface area contributed by atoms with Crippen molar-refractivity contribution in [2.75, 3.05) is 0 Å². The van der Waals surface area contributed by atoms with Crippen molar-refractivity contribution in [3.05, 3.63) is 59.4 Å². The summed E-state index contributed by atoms with van der Waals surface area (Å²) in [7, 11) is 0. The van der Waals surface area contributed by atoms with Crippen LogP contribution in [0.25, 0.3) is 10.9 Å². The maximum Gasteiger partial charge on any atom is 0.341 e. The highest BCUT2D eigenvalue weighted by atomic mass is 35.5. The Morgan fingerprint density at radius 2 is 1.95 bits per heavy atom. The molecule has 0 bridgehead atoms. The summed E-state index contributed by atoms with van der Waals surface area (Å²) in [6, 6.07) is 11.8. The molecule has 0 saturated carbocycles. The molecular formula is C15H9ClN2O3. The van der Waals surface area contributed by atoms with Gasteiger partial charge in [0.25, 0.3) is 0 Å². The van der Waals surface area contributed by atoms with Crippen LogP contribution in [-0.4, -0.2) is 21.0 Å². The molecule has 2 aromatic heterocycles. The van der Waals surface area contributed by atoms with E-state index in [1.54, 1.807) is 18.3 Å². The number of nitrogens with zero attached hydrogens (tertiary/aromatic N) is 2. The third kappa shape index (κ3) is 2.64. The van der Waals surface area contributed by atoms with Gasteiger partial charge in [-0.05, 0) is 24.3 Å². The minimum Gasteiger partial charge on any atom is -0.477 e. The molecule has 104 valence electrons. The first kappa shape index (κ1) is 13.3. The second kappa shape index (κ2) is 5.38. The number of hydrogen-bond acceptors (Lipinski definition) is 4. The molecule has 5 nitrogen and oxygen atoms in total. The topological polar surface area (TPSA) is 72.3 Å². The second-order valence-corrected chi connectivity index (χ2v) is 4.61. The first-order chi connectivity index (χ1) is 10.1. The summed E-state index contributed by atoms with van der Waals surface area (Å²) in [5.74, 6) is -0.777. The second-order valence-electron chi connectivity index (χ2n) is 4.23. The number of aromatic carboxylic acids is 1. The van der Waals surface area contributed by atoms with Gasteiger partial charge in [0.15, 0.2) is 5.75 Å². The van der Waals surface area contributed by atoms with Gasteiger partial charge in [0.05, 0.1) is 0 Å². The number of aromatic nitrogens is 2. The zero-order chi connectivity index (χ0) is 14.8. The van der Waals surface area contributed by atoms with Gasteiger partial charge in [-0.15, -0.1) is 0 Å². The Bertz CT molecular complexity index is 831. The number of hydrogen-bond donors (Lipinski definition) is 1. The number of carbonyl (C=O) groups is 1. The van der Waals surface area contributed by atoms with Crippen molar-refractivity contribution in [1.82, 2.24) is 9.97 Å². The Hall–Kier alpha value is -2.66. The van der Waals surface area contributed by atoms with E-state index in [1.165, 1.54) is 12.1 Å². The molecule has 0 spiro atoms. The Kier molecular flexibility index (Phi) is 3.41. The molecule has 1 aromatic carbocycles. The molecule has 2 heterocycles. The van der Waals surface area contributed by atoms with Crippen LogP contribution in [0.1, 0.15) is 10.4 Å². The van der Waals surface area contributed by atoms with Crippen molar-refractivity contribution >= 4 is 28.5 Å². The first-order valence-electron chi connectivity index (χ1n) is 6.06. The number of fused-ring (bicyclic) bond motifs is 1. The summed E-state index contributed by atoms with van der Waals surface area (Å²) < 4.78 is 5.63. The summed E-state index contributed by atoms with van der Waals surface area (Å²) in [6.45, 7) is 0. The van der Waals surface area contributed by atoms with Gasteiger partial charge in [-0.2, -0.15) is 0 Å². The summed E-state index contributed by atoms with van der Waals surface area (Å²) in [5, 5.41) is 10.2. The molecule has 0 unspecified atom stereocenters.